The average Bonchev–Trinajstić information content (AvgIpc) is 3.38. The van der Waals surface area contributed by atoms with Crippen molar-refractivity contribution in [3.8, 4) is 0 Å². The van der Waals surface area contributed by atoms with Crippen LogP contribution in [0.25, 0.3) is 0 Å². The van der Waals surface area contributed by atoms with Gasteiger partial charge in [-0.1, -0.05) is 36.4 Å². The van der Waals surface area contributed by atoms with Gasteiger partial charge in [-0.2, -0.15) is 0 Å². The molecule has 140 valence electrons. The lowest BCUT2D eigenvalue weighted by molar-refractivity contribution is -0.122. The molecule has 2 aromatic heterocycles. The number of aryl methyl sites for hydroxylation is 1. The molecular formula is C22H24N2OS2. The van der Waals surface area contributed by atoms with Gasteiger partial charge in [-0.3, -0.25) is 9.69 Å². The third-order valence-corrected chi connectivity index (χ3v) is 6.95. The number of nitrogens with zero attached hydrogens (tertiary/aromatic N) is 1. The number of nitrogens with one attached hydrogen (secondary N) is 1. The maximum Gasteiger partial charge on any atom is 0.234 e. The second-order valence-electron chi connectivity index (χ2n) is 6.88. The summed E-state index contributed by atoms with van der Waals surface area (Å²) >= 11 is 3.62. The Hall–Kier alpha value is -1.95. The summed E-state index contributed by atoms with van der Waals surface area (Å²) in [6, 6.07) is 17.2. The molecule has 0 aliphatic carbocycles. The molecule has 0 fully saturated rings. The van der Waals surface area contributed by atoms with E-state index in [-0.39, 0.29) is 11.9 Å². The second-order valence-corrected chi connectivity index (χ2v) is 8.86. The first-order valence-electron chi connectivity index (χ1n) is 9.45. The molecule has 3 heterocycles. The SMILES string of the molecule is O=C(CN1CCc2sccc2[C@@H]1c1cccs1)NCCCc1ccccc1. The van der Waals surface area contributed by atoms with Crippen LogP contribution in [0, 0.1) is 0 Å². The van der Waals surface area contributed by atoms with Gasteiger partial charge in [0.05, 0.1) is 12.6 Å². The van der Waals surface area contributed by atoms with Crippen molar-refractivity contribution >= 4 is 28.6 Å². The van der Waals surface area contributed by atoms with Crippen molar-refractivity contribution in [3.63, 3.8) is 0 Å². The summed E-state index contributed by atoms with van der Waals surface area (Å²) in [5.41, 5.74) is 2.70. The Morgan fingerprint density at radius 2 is 1.96 bits per heavy atom. The number of carbonyl (C=O) groups is 1. The van der Waals surface area contributed by atoms with Crippen LogP contribution in [-0.2, 0) is 17.6 Å². The maximum absolute atomic E-state index is 12.5. The Morgan fingerprint density at radius 3 is 2.78 bits per heavy atom. The molecule has 1 aliphatic heterocycles. The van der Waals surface area contributed by atoms with E-state index in [1.165, 1.54) is 20.9 Å². The molecule has 1 atom stereocenters. The molecule has 1 aromatic carbocycles. The Balaban J connectivity index is 1.33. The average molecular weight is 397 g/mol. The fraction of sp³-hybridized carbons (Fsp3) is 0.318. The van der Waals surface area contributed by atoms with Crippen LogP contribution >= 0.6 is 22.7 Å². The molecule has 3 aromatic rings. The van der Waals surface area contributed by atoms with E-state index in [1.807, 2.05) is 17.4 Å². The molecule has 0 radical (unpaired) electrons. The second kappa shape index (κ2) is 8.83. The Morgan fingerprint density at radius 1 is 1.07 bits per heavy atom. The first-order valence-corrected chi connectivity index (χ1v) is 11.2. The predicted octanol–water partition coefficient (Wildman–Crippen LogP) is 4.51. The van der Waals surface area contributed by atoms with Crippen LogP contribution in [0.1, 0.15) is 33.3 Å². The summed E-state index contributed by atoms with van der Waals surface area (Å²) < 4.78 is 0. The van der Waals surface area contributed by atoms with E-state index in [9.17, 15) is 4.79 Å². The van der Waals surface area contributed by atoms with E-state index in [4.69, 9.17) is 0 Å². The molecular weight excluding hydrogens is 372 g/mol. The quantitative estimate of drug-likeness (QED) is 0.596. The third kappa shape index (κ3) is 4.49. The van der Waals surface area contributed by atoms with E-state index in [0.717, 1.165) is 32.4 Å². The Bertz CT molecular complexity index is 858. The lowest BCUT2D eigenvalue weighted by Crippen LogP contribution is -2.42. The monoisotopic (exact) mass is 396 g/mol. The van der Waals surface area contributed by atoms with Gasteiger partial charge in [-0.05, 0) is 53.3 Å². The third-order valence-electron chi connectivity index (χ3n) is 5.03. The van der Waals surface area contributed by atoms with Crippen molar-refractivity contribution in [2.24, 2.45) is 0 Å². The summed E-state index contributed by atoms with van der Waals surface area (Å²) in [5.74, 6) is 0.128. The van der Waals surface area contributed by atoms with Gasteiger partial charge in [-0.25, -0.2) is 0 Å². The molecule has 3 nitrogen and oxygen atoms in total. The van der Waals surface area contributed by atoms with Crippen molar-refractivity contribution in [1.82, 2.24) is 10.2 Å². The van der Waals surface area contributed by atoms with Gasteiger partial charge in [0.15, 0.2) is 0 Å². The standard InChI is InChI=1S/C22H24N2OS2/c25-21(23-12-4-8-17-6-2-1-3-7-17)16-24-13-10-19-18(11-15-27-19)22(24)20-9-5-14-26-20/h1-3,5-7,9,11,14-15,22H,4,8,10,12-13,16H2,(H,23,25)/t22-/m1/s1. The normalized spacial score (nSPS) is 16.8. The van der Waals surface area contributed by atoms with Gasteiger partial charge >= 0.3 is 0 Å². The van der Waals surface area contributed by atoms with Crippen molar-refractivity contribution in [2.75, 3.05) is 19.6 Å². The topological polar surface area (TPSA) is 32.3 Å². The minimum atomic E-state index is 0.128. The lowest BCUT2D eigenvalue weighted by Gasteiger charge is -2.34. The molecule has 0 saturated heterocycles. The molecule has 27 heavy (non-hydrogen) atoms. The molecule has 4 rings (SSSR count). The molecule has 1 aliphatic rings. The highest BCUT2D eigenvalue weighted by molar-refractivity contribution is 7.10. The molecule has 5 heteroatoms. The van der Waals surface area contributed by atoms with Crippen LogP contribution in [0.2, 0.25) is 0 Å². The van der Waals surface area contributed by atoms with E-state index in [1.54, 1.807) is 11.3 Å². The van der Waals surface area contributed by atoms with Gasteiger partial charge in [0, 0.05) is 22.8 Å². The van der Waals surface area contributed by atoms with E-state index in [0.29, 0.717) is 6.54 Å². The van der Waals surface area contributed by atoms with Crippen LogP contribution in [-0.4, -0.2) is 30.4 Å². The first kappa shape index (κ1) is 18.4. The highest BCUT2D eigenvalue weighted by atomic mass is 32.1. The van der Waals surface area contributed by atoms with Gasteiger partial charge in [0.25, 0.3) is 0 Å². The van der Waals surface area contributed by atoms with E-state index < -0.39 is 0 Å². The van der Waals surface area contributed by atoms with Gasteiger partial charge in [0.1, 0.15) is 0 Å². The highest BCUT2D eigenvalue weighted by Crippen LogP contribution is 2.39. The van der Waals surface area contributed by atoms with E-state index >= 15 is 0 Å². The zero-order chi connectivity index (χ0) is 18.5. The summed E-state index contributed by atoms with van der Waals surface area (Å²) in [4.78, 5) is 17.7. The lowest BCUT2D eigenvalue weighted by atomic mass is 9.98. The number of hydrogen-bond acceptors (Lipinski definition) is 4. The number of fused-ring (bicyclic) bond motifs is 1. The Kier molecular flexibility index (Phi) is 6.02. The van der Waals surface area contributed by atoms with Gasteiger partial charge in [0.2, 0.25) is 5.91 Å². The Labute approximate surface area is 168 Å². The van der Waals surface area contributed by atoms with Crippen molar-refractivity contribution in [1.29, 1.82) is 0 Å². The number of carbonyl (C=O) groups excluding carboxylic acids is 1. The van der Waals surface area contributed by atoms with Crippen LogP contribution < -0.4 is 5.32 Å². The largest absolute Gasteiger partial charge is 0.355 e. The zero-order valence-corrected chi connectivity index (χ0v) is 16.9. The van der Waals surface area contributed by atoms with Crippen LogP contribution in [0.4, 0.5) is 0 Å². The summed E-state index contributed by atoms with van der Waals surface area (Å²) in [7, 11) is 0. The number of thiophene rings is 2. The molecule has 0 saturated carbocycles. The minimum absolute atomic E-state index is 0.128. The zero-order valence-electron chi connectivity index (χ0n) is 15.3. The minimum Gasteiger partial charge on any atom is -0.355 e. The molecule has 1 N–H and O–H groups in total. The van der Waals surface area contributed by atoms with Gasteiger partial charge < -0.3 is 5.32 Å². The predicted molar refractivity (Wildman–Crippen MR) is 114 cm³/mol. The maximum atomic E-state index is 12.5. The van der Waals surface area contributed by atoms with Crippen molar-refractivity contribution < 1.29 is 4.79 Å². The summed E-state index contributed by atoms with van der Waals surface area (Å²) in [6.07, 6.45) is 3.01. The van der Waals surface area contributed by atoms with Crippen LogP contribution in [0.5, 0.6) is 0 Å². The summed E-state index contributed by atoms with van der Waals surface area (Å²) in [6.45, 7) is 2.13. The van der Waals surface area contributed by atoms with Gasteiger partial charge in [-0.15, -0.1) is 22.7 Å². The molecule has 1 amide bonds. The summed E-state index contributed by atoms with van der Waals surface area (Å²) in [5, 5.41) is 7.41. The van der Waals surface area contributed by atoms with Crippen molar-refractivity contribution in [3.05, 3.63) is 80.2 Å². The number of rotatable bonds is 7. The number of hydrogen-bond donors (Lipinski definition) is 1. The van der Waals surface area contributed by atoms with Crippen LogP contribution in [0.15, 0.2) is 59.3 Å². The smallest absolute Gasteiger partial charge is 0.234 e. The molecule has 0 unspecified atom stereocenters. The first-order chi connectivity index (χ1) is 13.3. The number of benzene rings is 1. The number of amides is 1. The van der Waals surface area contributed by atoms with Crippen LogP contribution in [0.3, 0.4) is 0 Å². The van der Waals surface area contributed by atoms with E-state index in [2.05, 4.69) is 63.4 Å². The highest BCUT2D eigenvalue weighted by Gasteiger charge is 2.31. The molecule has 0 bridgehead atoms. The fourth-order valence-electron chi connectivity index (χ4n) is 3.72. The molecule has 0 spiro atoms. The fourth-order valence-corrected chi connectivity index (χ4v) is 5.50. The van der Waals surface area contributed by atoms with Crippen molar-refractivity contribution in [2.45, 2.75) is 25.3 Å².